The van der Waals surface area contributed by atoms with E-state index in [1.807, 2.05) is 4.68 Å². The summed E-state index contributed by atoms with van der Waals surface area (Å²) in [6.45, 7) is 15.3. The summed E-state index contributed by atoms with van der Waals surface area (Å²) in [5, 5.41) is 4.98. The molecule has 0 aliphatic heterocycles. The summed E-state index contributed by atoms with van der Waals surface area (Å²) in [7, 11) is 2.05. The van der Waals surface area contributed by atoms with Crippen molar-refractivity contribution in [3.63, 3.8) is 0 Å². The van der Waals surface area contributed by atoms with Crippen molar-refractivity contribution in [2.45, 2.75) is 67.2 Å². The summed E-state index contributed by atoms with van der Waals surface area (Å²) < 4.78 is 2.03. The second-order valence-corrected chi connectivity index (χ2v) is 8.42. The Hall–Kier alpha value is -2.36. The molecule has 0 atom stereocenters. The highest BCUT2D eigenvalue weighted by molar-refractivity contribution is 5.98. The molecule has 0 saturated heterocycles. The summed E-state index contributed by atoms with van der Waals surface area (Å²) in [5.41, 5.74) is 10.6. The minimum Gasteiger partial charge on any atom is -0.370 e. The molecule has 0 fully saturated rings. The highest BCUT2D eigenvalue weighted by atomic mass is 15.3. The zero-order valence-electron chi connectivity index (χ0n) is 19.3. The summed E-state index contributed by atoms with van der Waals surface area (Å²) in [4.78, 5) is 7.49. The van der Waals surface area contributed by atoms with Crippen LogP contribution in [0.2, 0.25) is 0 Å². The largest absolute Gasteiger partial charge is 0.370 e. The lowest BCUT2D eigenvalue weighted by Crippen LogP contribution is -2.26. The van der Waals surface area contributed by atoms with Crippen molar-refractivity contribution in [3.05, 3.63) is 40.6 Å². The minimum atomic E-state index is 1.02. The average Bonchev–Trinajstić information content (AvgIpc) is 2.97. The maximum Gasteiger partial charge on any atom is 0.135 e. The molecule has 0 aliphatic rings. The number of anilines is 1. The van der Waals surface area contributed by atoms with Crippen molar-refractivity contribution >= 4 is 16.7 Å². The van der Waals surface area contributed by atoms with E-state index in [-0.39, 0.29) is 0 Å². The Balaban J connectivity index is 2.23. The number of unbranched alkanes of at least 4 members (excludes halogenated alkanes) is 2. The van der Waals surface area contributed by atoms with Gasteiger partial charge in [0.1, 0.15) is 11.0 Å². The van der Waals surface area contributed by atoms with Crippen LogP contribution in [0, 0.1) is 27.7 Å². The molecule has 0 spiro atoms. The molecule has 0 saturated carbocycles. The Kier molecular flexibility index (Phi) is 6.61. The topological polar surface area (TPSA) is 34.0 Å². The third-order valence-electron chi connectivity index (χ3n) is 5.72. The van der Waals surface area contributed by atoms with Crippen LogP contribution >= 0.6 is 0 Å². The van der Waals surface area contributed by atoms with Gasteiger partial charge in [-0.25, -0.2) is 4.98 Å². The molecule has 1 aromatic carbocycles. The van der Waals surface area contributed by atoms with Crippen molar-refractivity contribution in [1.82, 2.24) is 14.8 Å². The molecule has 4 heteroatoms. The third-order valence-corrected chi connectivity index (χ3v) is 5.72. The van der Waals surface area contributed by atoms with Gasteiger partial charge in [0.15, 0.2) is 0 Å². The van der Waals surface area contributed by atoms with E-state index in [0.29, 0.717) is 0 Å². The molecule has 2 aromatic heterocycles. The Morgan fingerprint density at radius 1 is 0.862 bits per heavy atom. The molecule has 3 rings (SSSR count). The summed E-state index contributed by atoms with van der Waals surface area (Å²) in [6, 6.07) is 6.73. The zero-order valence-corrected chi connectivity index (χ0v) is 19.3. The van der Waals surface area contributed by atoms with Crippen LogP contribution in [0.5, 0.6) is 0 Å². The number of pyridine rings is 1. The van der Waals surface area contributed by atoms with Gasteiger partial charge >= 0.3 is 0 Å². The maximum absolute atomic E-state index is 4.98. The SMILES string of the molecule is CCCCN(CCCC)c1cc(C)nc2c(-c3c(C)cc(C)cc3C)n(C)nc12. The van der Waals surface area contributed by atoms with E-state index in [1.54, 1.807) is 0 Å². The minimum absolute atomic E-state index is 1.02. The molecule has 0 amide bonds. The first-order valence-electron chi connectivity index (χ1n) is 11.0. The standard InChI is InChI=1S/C25H36N4/c1-8-10-12-29(13-11-9-2)21-16-20(6)26-24-23(21)27-28(7)25(24)22-18(4)14-17(3)15-19(22)5/h14-16H,8-13H2,1-7H3. The first kappa shape index (κ1) is 21.4. The summed E-state index contributed by atoms with van der Waals surface area (Å²) in [6.07, 6.45) is 4.79. The first-order chi connectivity index (χ1) is 13.9. The van der Waals surface area contributed by atoms with Crippen LogP contribution in [0.4, 0.5) is 5.69 Å². The van der Waals surface area contributed by atoms with Gasteiger partial charge in [0.2, 0.25) is 0 Å². The van der Waals surface area contributed by atoms with E-state index in [0.717, 1.165) is 35.5 Å². The molecule has 0 aliphatic carbocycles. The predicted octanol–water partition coefficient (Wildman–Crippen LogP) is 6.28. The van der Waals surface area contributed by atoms with E-state index in [9.17, 15) is 0 Å². The number of aryl methyl sites for hydroxylation is 5. The Morgan fingerprint density at radius 3 is 2.00 bits per heavy atom. The van der Waals surface area contributed by atoms with Gasteiger partial charge in [0.25, 0.3) is 0 Å². The van der Waals surface area contributed by atoms with Crippen molar-refractivity contribution < 1.29 is 0 Å². The number of fused-ring (bicyclic) bond motifs is 1. The summed E-state index contributed by atoms with van der Waals surface area (Å²) in [5.74, 6) is 0. The lowest BCUT2D eigenvalue weighted by Gasteiger charge is -2.25. The van der Waals surface area contributed by atoms with Gasteiger partial charge in [-0.05, 0) is 57.7 Å². The van der Waals surface area contributed by atoms with Crippen LogP contribution in [-0.2, 0) is 7.05 Å². The lowest BCUT2D eigenvalue weighted by molar-refractivity contribution is 0.678. The van der Waals surface area contributed by atoms with Crippen LogP contribution in [0.1, 0.15) is 61.9 Å². The molecule has 0 N–H and O–H groups in total. The monoisotopic (exact) mass is 392 g/mol. The van der Waals surface area contributed by atoms with E-state index < -0.39 is 0 Å². The first-order valence-corrected chi connectivity index (χ1v) is 11.0. The Bertz CT molecular complexity index is 969. The second kappa shape index (κ2) is 8.98. The highest BCUT2D eigenvalue weighted by Gasteiger charge is 2.21. The van der Waals surface area contributed by atoms with E-state index in [4.69, 9.17) is 10.1 Å². The van der Waals surface area contributed by atoms with E-state index in [1.165, 1.54) is 53.6 Å². The van der Waals surface area contributed by atoms with Crippen LogP contribution < -0.4 is 4.90 Å². The zero-order chi connectivity index (χ0) is 21.1. The average molecular weight is 393 g/mol. The van der Waals surface area contributed by atoms with Gasteiger partial charge in [-0.1, -0.05) is 44.4 Å². The molecular formula is C25H36N4. The number of hydrogen-bond acceptors (Lipinski definition) is 3. The number of benzene rings is 1. The van der Waals surface area contributed by atoms with Gasteiger partial charge in [0.05, 0.1) is 11.4 Å². The number of aromatic nitrogens is 3. The van der Waals surface area contributed by atoms with Crippen LogP contribution in [0.25, 0.3) is 22.3 Å². The molecule has 4 nitrogen and oxygen atoms in total. The normalized spacial score (nSPS) is 11.4. The maximum atomic E-state index is 4.98. The van der Waals surface area contributed by atoms with Crippen molar-refractivity contribution in [2.75, 3.05) is 18.0 Å². The van der Waals surface area contributed by atoms with Gasteiger partial charge in [0, 0.05) is 31.4 Å². The molecule has 3 aromatic rings. The Labute approximate surface area is 176 Å². The highest BCUT2D eigenvalue weighted by Crippen LogP contribution is 2.36. The van der Waals surface area contributed by atoms with Crippen LogP contribution in [0.15, 0.2) is 18.2 Å². The fourth-order valence-corrected chi connectivity index (χ4v) is 4.39. The quantitative estimate of drug-likeness (QED) is 0.453. The van der Waals surface area contributed by atoms with Gasteiger partial charge in [-0.3, -0.25) is 4.68 Å². The van der Waals surface area contributed by atoms with Gasteiger partial charge in [-0.15, -0.1) is 0 Å². The van der Waals surface area contributed by atoms with Gasteiger partial charge in [-0.2, -0.15) is 5.10 Å². The van der Waals surface area contributed by atoms with Crippen LogP contribution in [0.3, 0.4) is 0 Å². The van der Waals surface area contributed by atoms with Crippen molar-refractivity contribution in [2.24, 2.45) is 7.05 Å². The fraction of sp³-hybridized carbons (Fsp3) is 0.520. The molecule has 0 unspecified atom stereocenters. The smallest absolute Gasteiger partial charge is 0.135 e. The van der Waals surface area contributed by atoms with E-state index in [2.05, 4.69) is 71.7 Å². The fourth-order valence-electron chi connectivity index (χ4n) is 4.39. The van der Waals surface area contributed by atoms with Crippen LogP contribution in [-0.4, -0.2) is 27.9 Å². The number of rotatable bonds is 8. The summed E-state index contributed by atoms with van der Waals surface area (Å²) >= 11 is 0. The number of nitrogens with zero attached hydrogens (tertiary/aromatic N) is 4. The van der Waals surface area contributed by atoms with Crippen molar-refractivity contribution in [3.8, 4) is 11.3 Å². The molecular weight excluding hydrogens is 356 g/mol. The van der Waals surface area contributed by atoms with E-state index >= 15 is 0 Å². The predicted molar refractivity (Wildman–Crippen MR) is 125 cm³/mol. The third kappa shape index (κ3) is 4.31. The molecule has 0 bridgehead atoms. The number of hydrogen-bond donors (Lipinski definition) is 0. The molecule has 156 valence electrons. The molecule has 0 radical (unpaired) electrons. The lowest BCUT2D eigenvalue weighted by atomic mass is 9.96. The Morgan fingerprint density at radius 2 is 1.45 bits per heavy atom. The second-order valence-electron chi connectivity index (χ2n) is 8.42. The van der Waals surface area contributed by atoms with Crippen molar-refractivity contribution in [1.29, 1.82) is 0 Å². The molecule has 29 heavy (non-hydrogen) atoms. The molecule has 2 heterocycles. The van der Waals surface area contributed by atoms with Gasteiger partial charge < -0.3 is 4.90 Å².